The lowest BCUT2D eigenvalue weighted by atomic mass is 10.0. The van der Waals surface area contributed by atoms with Gasteiger partial charge in [-0.25, -0.2) is 13.1 Å². The van der Waals surface area contributed by atoms with E-state index in [0.29, 0.717) is 12.8 Å². The highest BCUT2D eigenvalue weighted by atomic mass is 127. The van der Waals surface area contributed by atoms with Crippen LogP contribution in [0.25, 0.3) is 0 Å². The molecule has 36 heavy (non-hydrogen) atoms. The molecule has 8 heteroatoms. The summed E-state index contributed by atoms with van der Waals surface area (Å²) in [5.41, 5.74) is 4.97. The molecule has 2 aromatic carbocycles. The fourth-order valence-electron chi connectivity index (χ4n) is 4.66. The molecule has 0 saturated carbocycles. The summed E-state index contributed by atoms with van der Waals surface area (Å²) in [5.74, 6) is 0.285. The lowest BCUT2D eigenvalue weighted by Gasteiger charge is -2.34. The van der Waals surface area contributed by atoms with Crippen molar-refractivity contribution in [2.75, 3.05) is 5.32 Å². The summed E-state index contributed by atoms with van der Waals surface area (Å²) in [5, 5.41) is 6.69. The molecule has 1 unspecified atom stereocenters. The predicted molar refractivity (Wildman–Crippen MR) is 153 cm³/mol. The Labute approximate surface area is 228 Å². The highest BCUT2D eigenvalue weighted by Gasteiger charge is 2.34. The number of fused-ring (bicyclic) bond motifs is 1. The smallest absolute Gasteiger partial charge is 0.241 e. The second kappa shape index (κ2) is 11.1. The van der Waals surface area contributed by atoms with Gasteiger partial charge < -0.3 is 10.6 Å². The Morgan fingerprint density at radius 2 is 1.92 bits per heavy atom. The molecule has 192 valence electrons. The topological polar surface area (TPSA) is 87.3 Å². The lowest BCUT2D eigenvalue weighted by Crippen LogP contribution is -2.42. The number of amides is 1. The molecule has 0 heterocycles. The Morgan fingerprint density at radius 1 is 1.17 bits per heavy atom. The molecular weight excluding hydrogens is 585 g/mol. The number of carbonyl (C=O) groups excluding carboxylic acids is 1. The number of benzene rings is 2. The van der Waals surface area contributed by atoms with Crippen molar-refractivity contribution in [2.45, 2.75) is 67.4 Å². The van der Waals surface area contributed by atoms with E-state index in [1.807, 2.05) is 57.2 Å². The summed E-state index contributed by atoms with van der Waals surface area (Å²) in [4.78, 5) is 12.8. The van der Waals surface area contributed by atoms with Crippen molar-refractivity contribution in [3.8, 4) is 0 Å². The first-order valence-electron chi connectivity index (χ1n) is 12.5. The van der Waals surface area contributed by atoms with E-state index < -0.39 is 13.6 Å². The third-order valence-corrected chi connectivity index (χ3v) is 9.38. The van der Waals surface area contributed by atoms with Gasteiger partial charge in [-0.1, -0.05) is 51.1 Å². The second-order valence-electron chi connectivity index (χ2n) is 9.91. The van der Waals surface area contributed by atoms with Crippen molar-refractivity contribution in [1.29, 1.82) is 0 Å². The number of anilines is 1. The number of nitrogens with one attached hydrogen (secondary N) is 3. The van der Waals surface area contributed by atoms with Crippen molar-refractivity contribution in [2.24, 2.45) is 5.92 Å². The van der Waals surface area contributed by atoms with Crippen LogP contribution in [-0.2, 0) is 27.7 Å². The van der Waals surface area contributed by atoms with Crippen molar-refractivity contribution in [1.82, 2.24) is 10.0 Å². The Kier molecular flexibility index (Phi) is 8.26. The summed E-state index contributed by atoms with van der Waals surface area (Å²) in [7, 11) is -3.63. The summed E-state index contributed by atoms with van der Waals surface area (Å²) in [6, 6.07) is 12.9. The van der Waals surface area contributed by atoms with Crippen LogP contribution in [0.15, 0.2) is 71.3 Å². The van der Waals surface area contributed by atoms with E-state index in [0.717, 1.165) is 47.3 Å². The Morgan fingerprint density at radius 3 is 2.61 bits per heavy atom. The SMILES string of the molecule is CCc1ccc(S(=O)(=O)NC2CCc3ccc(N[C@@]4(I)CC=CC=C4NC(=O)CC(C)C)cc32)cc1. The van der Waals surface area contributed by atoms with Crippen molar-refractivity contribution in [3.05, 3.63) is 83.1 Å². The van der Waals surface area contributed by atoms with Crippen LogP contribution < -0.4 is 15.4 Å². The molecule has 2 aromatic rings. The van der Waals surface area contributed by atoms with Crippen molar-refractivity contribution < 1.29 is 13.2 Å². The molecule has 0 fully saturated rings. The van der Waals surface area contributed by atoms with E-state index in [1.165, 1.54) is 0 Å². The molecule has 0 bridgehead atoms. The normalized spacial score (nSPS) is 21.2. The minimum atomic E-state index is -3.63. The molecule has 1 amide bonds. The minimum absolute atomic E-state index is 0.00443. The van der Waals surface area contributed by atoms with Crippen molar-refractivity contribution >= 4 is 44.2 Å². The van der Waals surface area contributed by atoms with Crippen LogP contribution in [0.4, 0.5) is 5.69 Å². The van der Waals surface area contributed by atoms with Gasteiger partial charge >= 0.3 is 0 Å². The zero-order chi connectivity index (χ0) is 25.9. The molecule has 2 aliphatic carbocycles. The number of hydrogen-bond donors (Lipinski definition) is 3. The lowest BCUT2D eigenvalue weighted by molar-refractivity contribution is -0.121. The van der Waals surface area contributed by atoms with Gasteiger partial charge in [0.2, 0.25) is 15.9 Å². The number of aryl methyl sites for hydroxylation is 2. The van der Waals surface area contributed by atoms with Crippen LogP contribution in [0.5, 0.6) is 0 Å². The number of sulfonamides is 1. The van der Waals surface area contributed by atoms with Crippen LogP contribution in [0.2, 0.25) is 0 Å². The van der Waals surface area contributed by atoms with Gasteiger partial charge in [-0.2, -0.15) is 0 Å². The van der Waals surface area contributed by atoms with Gasteiger partial charge in [-0.05, 0) is 94.8 Å². The maximum atomic E-state index is 13.1. The van der Waals surface area contributed by atoms with Crippen LogP contribution in [0, 0.1) is 5.92 Å². The standard InChI is InChI=1S/C28H34IN3O3S/c1-4-20-8-13-23(14-9-20)36(34,35)32-25-15-11-21-10-12-22(18-24(21)25)31-28(29)16-6-5-7-26(28)30-27(33)17-19(2)3/h5-10,12-14,18-19,25,31-32H,4,11,15-17H2,1-3H3,(H,30,33)/t25?,28-/m0/s1. The van der Waals surface area contributed by atoms with Gasteiger partial charge in [0, 0.05) is 24.6 Å². The second-order valence-corrected chi connectivity index (χ2v) is 13.5. The summed E-state index contributed by atoms with van der Waals surface area (Å²) >= 11 is 2.35. The number of allylic oxidation sites excluding steroid dienone is 2. The van der Waals surface area contributed by atoms with Crippen LogP contribution in [0.3, 0.4) is 0 Å². The van der Waals surface area contributed by atoms with Crippen LogP contribution in [-0.4, -0.2) is 17.9 Å². The zero-order valence-electron chi connectivity index (χ0n) is 21.0. The highest BCUT2D eigenvalue weighted by molar-refractivity contribution is 14.1. The Hall–Kier alpha value is -2.17. The van der Waals surface area contributed by atoms with Gasteiger partial charge in [0.25, 0.3) is 0 Å². The molecule has 0 aromatic heterocycles. The van der Waals surface area contributed by atoms with Crippen LogP contribution >= 0.6 is 22.6 Å². The molecule has 0 spiro atoms. The van der Waals surface area contributed by atoms with E-state index in [1.54, 1.807) is 12.1 Å². The number of hydrogen-bond acceptors (Lipinski definition) is 4. The van der Waals surface area contributed by atoms with E-state index in [9.17, 15) is 13.2 Å². The number of carbonyl (C=O) groups is 1. The zero-order valence-corrected chi connectivity index (χ0v) is 23.9. The number of halogens is 1. The monoisotopic (exact) mass is 619 g/mol. The summed E-state index contributed by atoms with van der Waals surface area (Å²) < 4.78 is 28.6. The first-order chi connectivity index (χ1) is 17.1. The maximum Gasteiger partial charge on any atom is 0.241 e. The van der Waals surface area contributed by atoms with Gasteiger partial charge in [0.1, 0.15) is 3.55 Å². The van der Waals surface area contributed by atoms with E-state index in [4.69, 9.17) is 0 Å². The first-order valence-corrected chi connectivity index (χ1v) is 15.0. The quantitative estimate of drug-likeness (QED) is 0.189. The molecule has 4 rings (SSSR count). The van der Waals surface area contributed by atoms with E-state index in [-0.39, 0.29) is 22.8 Å². The largest absolute Gasteiger partial charge is 0.366 e. The highest BCUT2D eigenvalue weighted by Crippen LogP contribution is 2.38. The molecule has 2 aliphatic rings. The van der Waals surface area contributed by atoms with E-state index in [2.05, 4.69) is 50.1 Å². The fourth-order valence-corrected chi connectivity index (χ4v) is 6.79. The number of alkyl halides is 1. The predicted octanol–water partition coefficient (Wildman–Crippen LogP) is 5.76. The third-order valence-electron chi connectivity index (χ3n) is 6.60. The minimum Gasteiger partial charge on any atom is -0.366 e. The van der Waals surface area contributed by atoms with Gasteiger partial charge in [0.05, 0.1) is 10.6 Å². The maximum absolute atomic E-state index is 13.1. The molecule has 0 radical (unpaired) electrons. The molecule has 3 N–H and O–H groups in total. The molecule has 0 aliphatic heterocycles. The first kappa shape index (κ1) is 26.9. The molecule has 2 atom stereocenters. The van der Waals surface area contributed by atoms with E-state index >= 15 is 0 Å². The van der Waals surface area contributed by atoms with Gasteiger partial charge in [-0.3, -0.25) is 4.79 Å². The van der Waals surface area contributed by atoms with Crippen molar-refractivity contribution in [3.63, 3.8) is 0 Å². The average Bonchev–Trinajstić information content (AvgIpc) is 3.21. The average molecular weight is 620 g/mol. The van der Waals surface area contributed by atoms with Gasteiger partial charge in [-0.15, -0.1) is 0 Å². The summed E-state index contributed by atoms with van der Waals surface area (Å²) in [6.07, 6.45) is 9.57. The molecule has 0 saturated heterocycles. The Bertz CT molecular complexity index is 1290. The third kappa shape index (κ3) is 6.20. The van der Waals surface area contributed by atoms with Gasteiger partial charge in [0.15, 0.2) is 0 Å². The number of rotatable bonds is 9. The van der Waals surface area contributed by atoms with Crippen LogP contribution in [0.1, 0.15) is 62.8 Å². The molecular formula is C28H34IN3O3S. The fraction of sp³-hybridized carbons (Fsp3) is 0.393. The Balaban J connectivity index is 1.52. The molecule has 6 nitrogen and oxygen atoms in total. The summed E-state index contributed by atoms with van der Waals surface area (Å²) in [6.45, 7) is 6.10.